The minimum absolute atomic E-state index is 0.0155. The molecule has 3 saturated heterocycles. The van der Waals surface area contributed by atoms with Crippen LogP contribution in [0, 0.1) is 24.7 Å². The van der Waals surface area contributed by atoms with Crippen molar-refractivity contribution >= 4 is 52.5 Å². The lowest BCUT2D eigenvalue weighted by molar-refractivity contribution is -0.138. The molecule has 7 nitrogen and oxygen atoms in total. The van der Waals surface area contributed by atoms with Gasteiger partial charge in [0.25, 0.3) is 0 Å². The van der Waals surface area contributed by atoms with Crippen molar-refractivity contribution < 1.29 is 19.5 Å². The number of aliphatic hydroxyl groups is 1. The number of rotatable bonds is 8. The highest BCUT2D eigenvalue weighted by atomic mass is 35.5. The van der Waals surface area contributed by atoms with Crippen molar-refractivity contribution in [2.75, 3.05) is 23.8 Å². The number of para-hydroxylation sites is 2. The molecule has 3 unspecified atom stereocenters. The molecule has 0 radical (unpaired) electrons. The van der Waals surface area contributed by atoms with E-state index in [2.05, 4.69) is 17.6 Å². The smallest absolute Gasteiger partial charge is 0.248 e. The van der Waals surface area contributed by atoms with Crippen LogP contribution >= 0.6 is 23.4 Å². The summed E-state index contributed by atoms with van der Waals surface area (Å²) in [5, 5.41) is 15.8. The molecule has 2 aromatic rings. The topological polar surface area (TPSA) is 98.7 Å². The molecule has 2 aromatic carbocycles. The molecule has 196 valence electrons. The average Bonchev–Trinajstić information content (AvgIpc) is 3.46. The first-order valence-electron chi connectivity index (χ1n) is 12.8. The summed E-state index contributed by atoms with van der Waals surface area (Å²) < 4.78 is -0.709. The number of halogens is 1. The highest BCUT2D eigenvalue weighted by Gasteiger charge is 2.75. The number of unbranched alkanes of at least 4 members (excludes halogenated alkanes) is 1. The molecule has 3 aliphatic heterocycles. The lowest BCUT2D eigenvalue weighted by Gasteiger charge is -2.38. The van der Waals surface area contributed by atoms with Gasteiger partial charge in [0.05, 0.1) is 27.3 Å². The molecule has 3 N–H and O–H groups in total. The maximum absolute atomic E-state index is 14.0. The molecule has 3 heterocycles. The summed E-state index contributed by atoms with van der Waals surface area (Å²) in [6.07, 6.45) is 1.87. The Bertz CT molecular complexity index is 1190. The third-order valence-corrected chi connectivity index (χ3v) is 10.5. The molecule has 2 bridgehead atoms. The first-order chi connectivity index (χ1) is 17.8. The summed E-state index contributed by atoms with van der Waals surface area (Å²) in [6.45, 7) is 4.34. The lowest BCUT2D eigenvalue weighted by Crippen LogP contribution is -2.55. The van der Waals surface area contributed by atoms with E-state index < -0.39 is 22.6 Å². The van der Waals surface area contributed by atoms with Gasteiger partial charge in [-0.3, -0.25) is 14.4 Å². The molecule has 1 spiro atoms. The number of nitrogens with zero attached hydrogens (tertiary/aromatic N) is 1. The highest BCUT2D eigenvalue weighted by molar-refractivity contribution is 8.02. The monoisotopic (exact) mass is 541 g/mol. The maximum Gasteiger partial charge on any atom is 0.248 e. The minimum atomic E-state index is -0.737. The number of aryl methyl sites for hydroxylation is 1. The van der Waals surface area contributed by atoms with E-state index in [1.54, 1.807) is 22.7 Å². The normalized spacial score (nSPS) is 29.9. The lowest BCUT2D eigenvalue weighted by atomic mass is 9.66. The molecule has 6 atom stereocenters. The second-order valence-electron chi connectivity index (χ2n) is 10.3. The quantitative estimate of drug-likeness (QED) is 0.432. The van der Waals surface area contributed by atoms with E-state index in [9.17, 15) is 19.5 Å². The van der Waals surface area contributed by atoms with Gasteiger partial charge >= 0.3 is 0 Å². The maximum atomic E-state index is 14.0. The van der Waals surface area contributed by atoms with E-state index in [1.165, 1.54) is 0 Å². The number of hydrogen-bond acceptors (Lipinski definition) is 5. The van der Waals surface area contributed by atoms with Gasteiger partial charge in [-0.1, -0.05) is 48.9 Å². The Labute approximate surface area is 226 Å². The van der Waals surface area contributed by atoms with Crippen LogP contribution in [0.5, 0.6) is 0 Å². The summed E-state index contributed by atoms with van der Waals surface area (Å²) in [6, 6.07) is 14.0. The largest absolute Gasteiger partial charge is 0.396 e. The van der Waals surface area contributed by atoms with Crippen molar-refractivity contribution in [2.45, 2.75) is 49.1 Å². The fourth-order valence-corrected chi connectivity index (χ4v) is 9.17. The predicted octanol–water partition coefficient (Wildman–Crippen LogP) is 4.34. The van der Waals surface area contributed by atoms with Gasteiger partial charge in [0.2, 0.25) is 17.7 Å². The zero-order valence-corrected chi connectivity index (χ0v) is 22.5. The summed E-state index contributed by atoms with van der Waals surface area (Å²) in [4.78, 5) is 43.3. The average molecular weight is 542 g/mol. The number of amides is 3. The Morgan fingerprint density at radius 1 is 1.11 bits per heavy atom. The molecule has 3 aliphatic rings. The number of likely N-dealkylation sites (tertiary alicyclic amines) is 1. The second kappa shape index (κ2) is 10.3. The molecule has 3 amide bonds. The molecule has 0 saturated carbocycles. The number of benzene rings is 2. The van der Waals surface area contributed by atoms with Crippen LogP contribution in [0.1, 0.15) is 31.7 Å². The van der Waals surface area contributed by atoms with Crippen molar-refractivity contribution in [2.24, 2.45) is 17.8 Å². The van der Waals surface area contributed by atoms with E-state index in [-0.39, 0.29) is 35.5 Å². The number of fused-ring (bicyclic) bond motifs is 1. The van der Waals surface area contributed by atoms with Crippen LogP contribution in [0.4, 0.5) is 11.4 Å². The summed E-state index contributed by atoms with van der Waals surface area (Å²) in [7, 11) is 0. The Balaban J connectivity index is 1.50. The van der Waals surface area contributed by atoms with Gasteiger partial charge in [-0.05, 0) is 55.9 Å². The van der Waals surface area contributed by atoms with Crippen LogP contribution in [0.2, 0.25) is 5.02 Å². The zero-order valence-electron chi connectivity index (χ0n) is 20.9. The molecule has 0 aliphatic carbocycles. The van der Waals surface area contributed by atoms with Gasteiger partial charge in [-0.15, -0.1) is 11.8 Å². The third kappa shape index (κ3) is 4.33. The molecular weight excluding hydrogens is 510 g/mol. The first kappa shape index (κ1) is 26.1. The number of thioether (sulfide) groups is 1. The summed E-state index contributed by atoms with van der Waals surface area (Å²) in [5.41, 5.74) is 2.07. The van der Waals surface area contributed by atoms with Crippen molar-refractivity contribution in [1.29, 1.82) is 0 Å². The van der Waals surface area contributed by atoms with Gasteiger partial charge in [0, 0.05) is 24.1 Å². The zero-order chi connectivity index (χ0) is 26.3. The molecule has 3 fully saturated rings. The van der Waals surface area contributed by atoms with Gasteiger partial charge in [0.1, 0.15) is 6.04 Å². The predicted molar refractivity (Wildman–Crippen MR) is 147 cm³/mol. The van der Waals surface area contributed by atoms with Gasteiger partial charge < -0.3 is 20.6 Å². The van der Waals surface area contributed by atoms with E-state index >= 15 is 0 Å². The van der Waals surface area contributed by atoms with Crippen molar-refractivity contribution in [1.82, 2.24) is 4.90 Å². The van der Waals surface area contributed by atoms with Crippen LogP contribution in [-0.4, -0.2) is 56.9 Å². The minimum Gasteiger partial charge on any atom is -0.396 e. The Kier molecular flexibility index (Phi) is 7.27. The Hall–Kier alpha value is -2.55. The number of anilines is 2. The van der Waals surface area contributed by atoms with Gasteiger partial charge in [0.15, 0.2) is 0 Å². The standard InChI is InChI=1S/C28H32ClN3O4S/c1-16-9-8-12-19(29)23(16)31-26(35)24-28-17(2)15-20(37-28)21(25(34)30-18-10-4-3-5-11-18)22(28)27(36)32(24)13-6-7-14-33/h3-5,8-12,17,20-22,24,33H,6-7,13-15H2,1-2H3,(H,30,34)(H,31,35)/t17?,20-,21+,22-,24?,28?/m0/s1. The van der Waals surface area contributed by atoms with Crippen molar-refractivity contribution in [3.05, 3.63) is 59.1 Å². The van der Waals surface area contributed by atoms with Crippen molar-refractivity contribution in [3.8, 4) is 0 Å². The summed E-state index contributed by atoms with van der Waals surface area (Å²) >= 11 is 8.07. The number of carbonyl (C=O) groups excluding carboxylic acids is 3. The molecule has 9 heteroatoms. The van der Waals surface area contributed by atoms with E-state index in [1.807, 2.05) is 49.4 Å². The van der Waals surface area contributed by atoms with Gasteiger partial charge in [-0.25, -0.2) is 0 Å². The Morgan fingerprint density at radius 2 is 1.86 bits per heavy atom. The number of carbonyl (C=O) groups is 3. The summed E-state index contributed by atoms with van der Waals surface area (Å²) in [5.74, 6) is -1.64. The van der Waals surface area contributed by atoms with Crippen LogP contribution in [0.25, 0.3) is 0 Å². The fraction of sp³-hybridized carbons (Fsp3) is 0.464. The van der Waals surface area contributed by atoms with Crippen LogP contribution in [0.15, 0.2) is 48.5 Å². The van der Waals surface area contributed by atoms with Gasteiger partial charge in [-0.2, -0.15) is 0 Å². The molecular formula is C28H32ClN3O4S. The second-order valence-corrected chi connectivity index (χ2v) is 12.2. The molecule has 37 heavy (non-hydrogen) atoms. The molecule has 0 aromatic heterocycles. The van der Waals surface area contributed by atoms with E-state index in [4.69, 9.17) is 11.6 Å². The van der Waals surface area contributed by atoms with Crippen LogP contribution in [-0.2, 0) is 14.4 Å². The highest BCUT2D eigenvalue weighted by Crippen LogP contribution is 2.68. The first-order valence-corrected chi connectivity index (χ1v) is 14.1. The van der Waals surface area contributed by atoms with Crippen LogP contribution in [0.3, 0.4) is 0 Å². The third-order valence-electron chi connectivity index (χ3n) is 8.12. The van der Waals surface area contributed by atoms with E-state index in [0.29, 0.717) is 35.8 Å². The Morgan fingerprint density at radius 3 is 2.57 bits per heavy atom. The number of hydrogen-bond donors (Lipinski definition) is 3. The fourth-order valence-electron chi connectivity index (χ4n) is 6.48. The van der Waals surface area contributed by atoms with Crippen molar-refractivity contribution in [3.63, 3.8) is 0 Å². The number of nitrogens with one attached hydrogen (secondary N) is 2. The SMILES string of the molecule is Cc1cccc(Cl)c1NC(=O)C1N(CCCCO)C(=O)[C@@H]2[C@H](C(=O)Nc3ccccc3)[C@@H]3CC(C)C12S3. The van der Waals surface area contributed by atoms with Crippen LogP contribution < -0.4 is 10.6 Å². The number of aliphatic hydroxyl groups excluding tert-OH is 1. The van der Waals surface area contributed by atoms with E-state index in [0.717, 1.165) is 12.0 Å². The molecule has 5 rings (SSSR count).